The van der Waals surface area contributed by atoms with Crippen LogP contribution in [0.1, 0.15) is 36.0 Å². The predicted octanol–water partition coefficient (Wildman–Crippen LogP) is 2.55. The fraction of sp³-hybridized carbons (Fsp3) is 0.467. The minimum absolute atomic E-state index is 0.0769. The molecule has 7 heteroatoms. The summed E-state index contributed by atoms with van der Waals surface area (Å²) in [4.78, 5) is 22.0. The van der Waals surface area contributed by atoms with E-state index < -0.39 is 23.7 Å². The van der Waals surface area contributed by atoms with Gasteiger partial charge in [0.25, 0.3) is 0 Å². The van der Waals surface area contributed by atoms with Gasteiger partial charge in [0.1, 0.15) is 11.3 Å². The van der Waals surface area contributed by atoms with Gasteiger partial charge in [-0.2, -0.15) is 0 Å². The van der Waals surface area contributed by atoms with E-state index in [2.05, 4.69) is 0 Å². The van der Waals surface area contributed by atoms with Crippen molar-refractivity contribution in [2.75, 3.05) is 7.11 Å². The lowest BCUT2D eigenvalue weighted by Crippen LogP contribution is -2.28. The van der Waals surface area contributed by atoms with Gasteiger partial charge in [-0.1, -0.05) is 0 Å². The Bertz CT molecular complexity index is 578. The van der Waals surface area contributed by atoms with E-state index in [0.29, 0.717) is 25.7 Å². The predicted molar refractivity (Wildman–Crippen MR) is 73.9 cm³/mol. The maximum Gasteiger partial charge on any atom is 0.339 e. The van der Waals surface area contributed by atoms with Gasteiger partial charge in [-0.25, -0.2) is 9.18 Å². The molecule has 1 saturated carbocycles. The van der Waals surface area contributed by atoms with Crippen LogP contribution in [0.4, 0.5) is 4.39 Å². The third kappa shape index (κ3) is 3.47. The molecule has 6 nitrogen and oxygen atoms in total. The molecule has 0 unspecified atom stereocenters. The van der Waals surface area contributed by atoms with Gasteiger partial charge < -0.3 is 19.7 Å². The molecule has 0 amide bonds. The fourth-order valence-electron chi connectivity index (χ4n) is 2.57. The number of carboxylic acid groups (broad SMARTS) is 2. The van der Waals surface area contributed by atoms with Crippen molar-refractivity contribution in [2.45, 2.75) is 31.8 Å². The molecule has 0 saturated heterocycles. The fourth-order valence-corrected chi connectivity index (χ4v) is 2.57. The van der Waals surface area contributed by atoms with Gasteiger partial charge in [-0.3, -0.25) is 4.79 Å². The summed E-state index contributed by atoms with van der Waals surface area (Å²) in [6.07, 6.45) is 1.59. The first-order valence-electron chi connectivity index (χ1n) is 6.92. The molecule has 0 heterocycles. The molecule has 1 aliphatic rings. The smallest absolute Gasteiger partial charge is 0.339 e. The summed E-state index contributed by atoms with van der Waals surface area (Å²) >= 11 is 0. The largest absolute Gasteiger partial charge is 0.496 e. The molecule has 0 aliphatic heterocycles. The molecule has 2 rings (SSSR count). The first-order valence-corrected chi connectivity index (χ1v) is 6.92. The molecule has 0 radical (unpaired) electrons. The van der Waals surface area contributed by atoms with Crippen molar-refractivity contribution in [3.8, 4) is 11.5 Å². The average molecular weight is 312 g/mol. The van der Waals surface area contributed by atoms with Crippen molar-refractivity contribution < 1.29 is 33.7 Å². The molecule has 0 aromatic heterocycles. The van der Waals surface area contributed by atoms with E-state index in [0.717, 1.165) is 12.1 Å². The summed E-state index contributed by atoms with van der Waals surface area (Å²) < 4.78 is 24.3. The Morgan fingerprint density at radius 3 is 2.27 bits per heavy atom. The van der Waals surface area contributed by atoms with E-state index in [-0.39, 0.29) is 23.2 Å². The highest BCUT2D eigenvalue weighted by Gasteiger charge is 2.28. The summed E-state index contributed by atoms with van der Waals surface area (Å²) in [5.74, 6) is -3.40. The summed E-state index contributed by atoms with van der Waals surface area (Å²) in [5.41, 5.74) is -0.182. The lowest BCUT2D eigenvalue weighted by atomic mass is 9.87. The van der Waals surface area contributed by atoms with Crippen LogP contribution in [0.3, 0.4) is 0 Å². The van der Waals surface area contributed by atoms with Crippen LogP contribution in [-0.2, 0) is 4.79 Å². The number of halogens is 1. The van der Waals surface area contributed by atoms with Crippen molar-refractivity contribution in [3.05, 3.63) is 23.5 Å². The molecule has 22 heavy (non-hydrogen) atoms. The molecule has 1 aromatic rings. The Kier molecular flexibility index (Phi) is 4.85. The van der Waals surface area contributed by atoms with E-state index >= 15 is 0 Å². The quantitative estimate of drug-likeness (QED) is 0.868. The van der Waals surface area contributed by atoms with E-state index in [4.69, 9.17) is 19.7 Å². The van der Waals surface area contributed by atoms with E-state index in [1.54, 1.807) is 0 Å². The zero-order valence-electron chi connectivity index (χ0n) is 12.0. The summed E-state index contributed by atoms with van der Waals surface area (Å²) in [6.45, 7) is 0. The third-order valence-corrected chi connectivity index (χ3v) is 3.80. The van der Waals surface area contributed by atoms with Crippen LogP contribution in [0.25, 0.3) is 0 Å². The SMILES string of the molecule is COc1cc(F)c(OC2CCC(C(=O)O)CC2)cc1C(=O)O. The number of benzene rings is 1. The number of methoxy groups -OCH3 is 1. The van der Waals surface area contributed by atoms with Crippen LogP contribution >= 0.6 is 0 Å². The molecular formula is C15H17FO6. The number of aromatic carboxylic acids is 1. The standard InChI is InChI=1S/C15H17FO6/c1-21-12-7-11(16)13(6-10(12)15(19)20)22-9-4-2-8(3-5-9)14(17)18/h6-9H,2-5H2,1H3,(H,17,18)(H,19,20). The second kappa shape index (κ2) is 6.64. The summed E-state index contributed by atoms with van der Waals surface area (Å²) in [7, 11) is 1.26. The molecule has 1 aromatic carbocycles. The van der Waals surface area contributed by atoms with Crippen LogP contribution in [0.5, 0.6) is 11.5 Å². The second-order valence-corrected chi connectivity index (χ2v) is 5.22. The number of aliphatic carboxylic acids is 1. The monoisotopic (exact) mass is 312 g/mol. The lowest BCUT2D eigenvalue weighted by molar-refractivity contribution is -0.143. The van der Waals surface area contributed by atoms with Gasteiger partial charge in [0.05, 0.1) is 19.1 Å². The lowest BCUT2D eigenvalue weighted by Gasteiger charge is -2.27. The molecule has 1 fully saturated rings. The van der Waals surface area contributed by atoms with Crippen LogP contribution in [0, 0.1) is 11.7 Å². The summed E-state index contributed by atoms with van der Waals surface area (Å²) in [6, 6.07) is 2.07. The zero-order valence-corrected chi connectivity index (χ0v) is 12.0. The average Bonchev–Trinajstić information content (AvgIpc) is 2.49. The van der Waals surface area contributed by atoms with Crippen LogP contribution in [0.2, 0.25) is 0 Å². The highest BCUT2D eigenvalue weighted by atomic mass is 19.1. The molecule has 1 aliphatic carbocycles. The van der Waals surface area contributed by atoms with Crippen LogP contribution < -0.4 is 9.47 Å². The van der Waals surface area contributed by atoms with Gasteiger partial charge in [0, 0.05) is 12.1 Å². The first kappa shape index (κ1) is 16.1. The van der Waals surface area contributed by atoms with Crippen molar-refractivity contribution in [3.63, 3.8) is 0 Å². The number of carbonyl (C=O) groups is 2. The van der Waals surface area contributed by atoms with Crippen molar-refractivity contribution in [1.29, 1.82) is 0 Å². The van der Waals surface area contributed by atoms with Crippen molar-refractivity contribution >= 4 is 11.9 Å². The number of hydrogen-bond donors (Lipinski definition) is 2. The van der Waals surface area contributed by atoms with E-state index in [1.807, 2.05) is 0 Å². The Balaban J connectivity index is 2.12. The highest BCUT2D eigenvalue weighted by molar-refractivity contribution is 5.91. The highest BCUT2D eigenvalue weighted by Crippen LogP contribution is 2.32. The number of carboxylic acids is 2. The Morgan fingerprint density at radius 1 is 1.14 bits per heavy atom. The van der Waals surface area contributed by atoms with Crippen LogP contribution in [-0.4, -0.2) is 35.4 Å². The topological polar surface area (TPSA) is 93.1 Å². The number of rotatable bonds is 5. The molecule has 2 N–H and O–H groups in total. The zero-order chi connectivity index (χ0) is 16.3. The first-order chi connectivity index (χ1) is 10.4. The minimum Gasteiger partial charge on any atom is -0.496 e. The minimum atomic E-state index is -1.24. The van der Waals surface area contributed by atoms with Gasteiger partial charge in [0.15, 0.2) is 11.6 Å². The molecule has 120 valence electrons. The van der Waals surface area contributed by atoms with Crippen molar-refractivity contribution in [1.82, 2.24) is 0 Å². The van der Waals surface area contributed by atoms with Gasteiger partial charge in [-0.15, -0.1) is 0 Å². The third-order valence-electron chi connectivity index (χ3n) is 3.80. The molecular weight excluding hydrogens is 295 g/mol. The molecule has 0 spiro atoms. The summed E-state index contributed by atoms with van der Waals surface area (Å²) in [5, 5.41) is 18.0. The van der Waals surface area contributed by atoms with E-state index in [9.17, 15) is 14.0 Å². The van der Waals surface area contributed by atoms with E-state index in [1.165, 1.54) is 7.11 Å². The Morgan fingerprint density at radius 2 is 1.77 bits per heavy atom. The Hall–Kier alpha value is -2.31. The van der Waals surface area contributed by atoms with Gasteiger partial charge in [-0.05, 0) is 25.7 Å². The number of ether oxygens (including phenoxy) is 2. The second-order valence-electron chi connectivity index (χ2n) is 5.22. The molecule has 0 atom stereocenters. The number of hydrogen-bond acceptors (Lipinski definition) is 4. The Labute approximate surface area is 126 Å². The maximum atomic E-state index is 13.9. The van der Waals surface area contributed by atoms with Crippen molar-refractivity contribution in [2.24, 2.45) is 5.92 Å². The molecule has 0 bridgehead atoms. The normalized spacial score (nSPS) is 21.2. The maximum absolute atomic E-state index is 13.9. The van der Waals surface area contributed by atoms with Gasteiger partial charge >= 0.3 is 11.9 Å². The van der Waals surface area contributed by atoms with Gasteiger partial charge in [0.2, 0.25) is 0 Å². The van der Waals surface area contributed by atoms with Crippen LogP contribution in [0.15, 0.2) is 12.1 Å².